The normalized spacial score (nSPS) is 25.0. The monoisotopic (exact) mass is 302 g/mol. The average Bonchev–Trinajstić information content (AvgIpc) is 3.06. The quantitative estimate of drug-likeness (QED) is 0.871. The van der Waals surface area contributed by atoms with Gasteiger partial charge in [0, 0.05) is 51.0 Å². The molecule has 2 N–H and O–H groups in total. The number of nitrogens with one attached hydrogen (secondary N) is 2. The lowest BCUT2D eigenvalue weighted by molar-refractivity contribution is -0.120. The Morgan fingerprint density at radius 3 is 2.68 bits per heavy atom. The standard InChI is InChI=1S/C17H26N4O/c1-14(17(22)19-15-5-3-2-4-6-15)21-10-7-16(13-21)20-11-8-18-9-12-20/h2-6,14,16,18H,7-13H2,1H3,(H,19,22). The molecule has 2 aliphatic rings. The summed E-state index contributed by atoms with van der Waals surface area (Å²) in [6.07, 6.45) is 1.17. The summed E-state index contributed by atoms with van der Waals surface area (Å²) in [5, 5.41) is 6.41. The van der Waals surface area contributed by atoms with Crippen molar-refractivity contribution in [3.8, 4) is 0 Å². The Balaban J connectivity index is 1.52. The van der Waals surface area contributed by atoms with Gasteiger partial charge in [-0.3, -0.25) is 14.6 Å². The fraction of sp³-hybridized carbons (Fsp3) is 0.588. The number of anilines is 1. The van der Waals surface area contributed by atoms with E-state index in [1.807, 2.05) is 37.3 Å². The number of likely N-dealkylation sites (tertiary alicyclic amines) is 1. The third-order valence-corrected chi connectivity index (χ3v) is 4.83. The van der Waals surface area contributed by atoms with E-state index < -0.39 is 0 Å². The van der Waals surface area contributed by atoms with Crippen LogP contribution in [-0.2, 0) is 4.79 Å². The van der Waals surface area contributed by atoms with Gasteiger partial charge in [-0.1, -0.05) is 18.2 Å². The van der Waals surface area contributed by atoms with Crippen molar-refractivity contribution in [2.75, 3.05) is 44.6 Å². The number of amides is 1. The molecule has 2 atom stereocenters. The van der Waals surface area contributed by atoms with Gasteiger partial charge < -0.3 is 10.6 Å². The van der Waals surface area contributed by atoms with Crippen LogP contribution in [0.4, 0.5) is 5.69 Å². The number of carbonyl (C=O) groups excluding carboxylic acids is 1. The first-order chi connectivity index (χ1) is 10.7. The molecule has 22 heavy (non-hydrogen) atoms. The number of hydrogen-bond donors (Lipinski definition) is 2. The van der Waals surface area contributed by atoms with Gasteiger partial charge in [-0.2, -0.15) is 0 Å². The van der Waals surface area contributed by atoms with Crippen LogP contribution in [0.25, 0.3) is 0 Å². The highest BCUT2D eigenvalue weighted by Gasteiger charge is 2.32. The summed E-state index contributed by atoms with van der Waals surface area (Å²) in [6.45, 7) is 8.45. The van der Waals surface area contributed by atoms with Crippen molar-refractivity contribution < 1.29 is 4.79 Å². The predicted molar refractivity (Wildman–Crippen MR) is 89.0 cm³/mol. The van der Waals surface area contributed by atoms with Gasteiger partial charge in [-0.05, 0) is 25.5 Å². The van der Waals surface area contributed by atoms with Gasteiger partial charge in [0.1, 0.15) is 0 Å². The number of nitrogens with zero attached hydrogens (tertiary/aromatic N) is 2. The van der Waals surface area contributed by atoms with Crippen molar-refractivity contribution in [1.29, 1.82) is 0 Å². The zero-order valence-corrected chi connectivity index (χ0v) is 13.3. The van der Waals surface area contributed by atoms with E-state index in [0.717, 1.165) is 45.0 Å². The number of piperazine rings is 1. The molecule has 5 nitrogen and oxygen atoms in total. The van der Waals surface area contributed by atoms with E-state index in [-0.39, 0.29) is 11.9 Å². The maximum Gasteiger partial charge on any atom is 0.241 e. The van der Waals surface area contributed by atoms with Gasteiger partial charge >= 0.3 is 0 Å². The van der Waals surface area contributed by atoms with E-state index in [4.69, 9.17) is 0 Å². The van der Waals surface area contributed by atoms with Crippen molar-refractivity contribution in [1.82, 2.24) is 15.1 Å². The maximum atomic E-state index is 12.4. The Kier molecular flexibility index (Phi) is 5.08. The second-order valence-electron chi connectivity index (χ2n) is 6.25. The fourth-order valence-corrected chi connectivity index (χ4v) is 3.40. The number of carbonyl (C=O) groups is 1. The van der Waals surface area contributed by atoms with E-state index in [9.17, 15) is 4.79 Å². The van der Waals surface area contributed by atoms with Crippen LogP contribution in [-0.4, -0.2) is 67.1 Å². The highest BCUT2D eigenvalue weighted by molar-refractivity contribution is 5.94. The minimum atomic E-state index is -0.0758. The molecule has 1 aromatic rings. The second kappa shape index (κ2) is 7.22. The summed E-state index contributed by atoms with van der Waals surface area (Å²) in [6, 6.07) is 10.2. The molecule has 0 bridgehead atoms. The van der Waals surface area contributed by atoms with Crippen molar-refractivity contribution in [3.05, 3.63) is 30.3 Å². The smallest absolute Gasteiger partial charge is 0.241 e. The lowest BCUT2D eigenvalue weighted by atomic mass is 10.2. The van der Waals surface area contributed by atoms with Crippen molar-refractivity contribution in [2.45, 2.75) is 25.4 Å². The lowest BCUT2D eigenvalue weighted by Crippen LogP contribution is -2.50. The van der Waals surface area contributed by atoms with E-state index in [0.29, 0.717) is 6.04 Å². The van der Waals surface area contributed by atoms with Crippen LogP contribution in [0.3, 0.4) is 0 Å². The highest BCUT2D eigenvalue weighted by Crippen LogP contribution is 2.19. The van der Waals surface area contributed by atoms with Crippen LogP contribution in [0.1, 0.15) is 13.3 Å². The molecule has 2 fully saturated rings. The molecule has 0 radical (unpaired) electrons. The number of hydrogen-bond acceptors (Lipinski definition) is 4. The first kappa shape index (κ1) is 15.5. The highest BCUT2D eigenvalue weighted by atomic mass is 16.2. The summed E-state index contributed by atoms with van der Waals surface area (Å²) in [4.78, 5) is 17.3. The maximum absolute atomic E-state index is 12.4. The molecule has 0 aliphatic carbocycles. The van der Waals surface area contributed by atoms with Gasteiger partial charge in [0.05, 0.1) is 6.04 Å². The van der Waals surface area contributed by atoms with Gasteiger partial charge in [0.25, 0.3) is 0 Å². The Hall–Kier alpha value is -1.43. The zero-order valence-electron chi connectivity index (χ0n) is 13.3. The SMILES string of the molecule is CC(C(=O)Nc1ccccc1)N1CCC(N2CCNCC2)C1. The Labute approximate surface area is 132 Å². The molecule has 0 aromatic heterocycles. The zero-order chi connectivity index (χ0) is 15.4. The predicted octanol–water partition coefficient (Wildman–Crippen LogP) is 0.993. The summed E-state index contributed by atoms with van der Waals surface area (Å²) < 4.78 is 0. The molecule has 2 aliphatic heterocycles. The van der Waals surface area contributed by atoms with E-state index in [2.05, 4.69) is 20.4 Å². The van der Waals surface area contributed by atoms with Gasteiger partial charge in [0.15, 0.2) is 0 Å². The molecular formula is C17H26N4O. The molecule has 0 saturated carbocycles. The minimum Gasteiger partial charge on any atom is -0.325 e. The molecule has 1 amide bonds. The van der Waals surface area contributed by atoms with E-state index in [1.54, 1.807) is 0 Å². The summed E-state index contributed by atoms with van der Waals surface area (Å²) >= 11 is 0. The third kappa shape index (κ3) is 3.66. The summed E-state index contributed by atoms with van der Waals surface area (Å²) in [5.74, 6) is 0.0900. The number of benzene rings is 1. The first-order valence-electron chi connectivity index (χ1n) is 8.29. The molecular weight excluding hydrogens is 276 g/mol. The van der Waals surface area contributed by atoms with Crippen molar-refractivity contribution in [2.24, 2.45) is 0 Å². The Morgan fingerprint density at radius 2 is 1.95 bits per heavy atom. The van der Waals surface area contributed by atoms with Crippen LogP contribution in [0.15, 0.2) is 30.3 Å². The van der Waals surface area contributed by atoms with Crippen molar-refractivity contribution in [3.63, 3.8) is 0 Å². The second-order valence-corrected chi connectivity index (χ2v) is 6.25. The number of para-hydroxylation sites is 1. The molecule has 2 heterocycles. The van der Waals surface area contributed by atoms with Crippen LogP contribution in [0.5, 0.6) is 0 Å². The van der Waals surface area contributed by atoms with Crippen LogP contribution in [0, 0.1) is 0 Å². The molecule has 1 aromatic carbocycles. The number of rotatable bonds is 4. The topological polar surface area (TPSA) is 47.6 Å². The Morgan fingerprint density at radius 1 is 1.23 bits per heavy atom. The Bertz CT molecular complexity index is 487. The van der Waals surface area contributed by atoms with Gasteiger partial charge in [-0.25, -0.2) is 0 Å². The van der Waals surface area contributed by atoms with Crippen molar-refractivity contribution >= 4 is 11.6 Å². The lowest BCUT2D eigenvalue weighted by Gasteiger charge is -2.33. The van der Waals surface area contributed by atoms with E-state index >= 15 is 0 Å². The third-order valence-electron chi connectivity index (χ3n) is 4.83. The molecule has 0 spiro atoms. The van der Waals surface area contributed by atoms with Crippen LogP contribution < -0.4 is 10.6 Å². The largest absolute Gasteiger partial charge is 0.325 e. The molecule has 2 unspecified atom stereocenters. The van der Waals surface area contributed by atoms with Crippen LogP contribution >= 0.6 is 0 Å². The average molecular weight is 302 g/mol. The molecule has 3 rings (SSSR count). The van der Waals surface area contributed by atoms with Crippen LogP contribution in [0.2, 0.25) is 0 Å². The molecule has 120 valence electrons. The van der Waals surface area contributed by atoms with Gasteiger partial charge in [-0.15, -0.1) is 0 Å². The summed E-state index contributed by atoms with van der Waals surface area (Å²) in [5.41, 5.74) is 0.872. The fourth-order valence-electron chi connectivity index (χ4n) is 3.40. The molecule has 5 heteroatoms. The minimum absolute atomic E-state index is 0.0758. The summed E-state index contributed by atoms with van der Waals surface area (Å²) in [7, 11) is 0. The van der Waals surface area contributed by atoms with E-state index in [1.165, 1.54) is 6.42 Å². The molecule has 2 saturated heterocycles. The van der Waals surface area contributed by atoms with Gasteiger partial charge in [0.2, 0.25) is 5.91 Å². The first-order valence-corrected chi connectivity index (χ1v) is 8.29.